The van der Waals surface area contributed by atoms with Gasteiger partial charge in [0, 0.05) is 6.20 Å². The molecule has 12 heteroatoms. The summed E-state index contributed by atoms with van der Waals surface area (Å²) in [6, 6.07) is 7.91. The number of hydrogen-bond acceptors (Lipinski definition) is 10. The lowest BCUT2D eigenvalue weighted by Crippen LogP contribution is -2.21. The van der Waals surface area contributed by atoms with Crippen LogP contribution in [0.25, 0.3) is 11.7 Å². The zero-order valence-corrected chi connectivity index (χ0v) is 14.7. The normalized spacial score (nSPS) is 11.4. The molecule has 0 aliphatic carbocycles. The second kappa shape index (κ2) is 8.23. The standard InChI is InChI=1S/C15H12N6O5S/c1-9(10-4-2-3-7-16-10)17-18-12(22)8-27-15-20-19-14(26-15)11-5-6-13(25-11)21(23)24/h2-7H,8H2,1H3,(H,18,22)/b17-9+. The van der Waals surface area contributed by atoms with Gasteiger partial charge >= 0.3 is 5.88 Å². The van der Waals surface area contributed by atoms with Crippen LogP contribution in [0.15, 0.2) is 55.7 Å². The van der Waals surface area contributed by atoms with Crippen LogP contribution < -0.4 is 5.43 Å². The van der Waals surface area contributed by atoms with Gasteiger partial charge in [-0.1, -0.05) is 17.8 Å². The molecule has 1 N–H and O–H groups in total. The number of nitrogens with zero attached hydrogens (tertiary/aromatic N) is 5. The quantitative estimate of drug-likeness (QED) is 0.278. The summed E-state index contributed by atoms with van der Waals surface area (Å²) < 4.78 is 10.3. The van der Waals surface area contributed by atoms with E-state index in [9.17, 15) is 14.9 Å². The van der Waals surface area contributed by atoms with Crippen molar-refractivity contribution in [3.63, 3.8) is 0 Å². The third-order valence-electron chi connectivity index (χ3n) is 3.10. The van der Waals surface area contributed by atoms with Crippen molar-refractivity contribution in [1.82, 2.24) is 20.6 Å². The summed E-state index contributed by atoms with van der Waals surface area (Å²) in [5.41, 5.74) is 3.63. The van der Waals surface area contributed by atoms with Crippen molar-refractivity contribution in [3.05, 3.63) is 52.3 Å². The molecule has 0 atom stereocenters. The Morgan fingerprint density at radius 2 is 2.15 bits per heavy atom. The molecule has 3 rings (SSSR count). The zero-order valence-electron chi connectivity index (χ0n) is 13.9. The first-order chi connectivity index (χ1) is 13.0. The number of rotatable bonds is 7. The second-order valence-electron chi connectivity index (χ2n) is 5.00. The van der Waals surface area contributed by atoms with Crippen molar-refractivity contribution in [2.45, 2.75) is 12.1 Å². The number of pyridine rings is 1. The molecule has 3 aromatic heterocycles. The molecule has 0 saturated heterocycles. The molecule has 1 amide bonds. The molecule has 0 radical (unpaired) electrons. The molecule has 138 valence electrons. The van der Waals surface area contributed by atoms with Crippen LogP contribution in [-0.2, 0) is 4.79 Å². The molecule has 0 aromatic carbocycles. The predicted octanol–water partition coefficient (Wildman–Crippen LogP) is 2.27. The summed E-state index contributed by atoms with van der Waals surface area (Å²) >= 11 is 0.992. The first-order valence-electron chi connectivity index (χ1n) is 7.48. The van der Waals surface area contributed by atoms with Gasteiger partial charge in [-0.15, -0.1) is 10.2 Å². The lowest BCUT2D eigenvalue weighted by Gasteiger charge is -2.01. The van der Waals surface area contributed by atoms with Gasteiger partial charge in [0.15, 0.2) is 5.76 Å². The van der Waals surface area contributed by atoms with Crippen LogP contribution in [0.3, 0.4) is 0 Å². The molecule has 0 spiro atoms. The van der Waals surface area contributed by atoms with Gasteiger partial charge < -0.3 is 8.83 Å². The van der Waals surface area contributed by atoms with Crippen LogP contribution in [0.1, 0.15) is 12.6 Å². The zero-order chi connectivity index (χ0) is 19.2. The molecule has 27 heavy (non-hydrogen) atoms. The summed E-state index contributed by atoms with van der Waals surface area (Å²) in [6.45, 7) is 1.72. The fourth-order valence-corrected chi connectivity index (χ4v) is 2.40. The molecule has 0 fully saturated rings. The van der Waals surface area contributed by atoms with Gasteiger partial charge in [-0.25, -0.2) is 5.43 Å². The van der Waals surface area contributed by atoms with Gasteiger partial charge in [-0.05, 0) is 25.1 Å². The van der Waals surface area contributed by atoms with E-state index in [4.69, 9.17) is 8.83 Å². The van der Waals surface area contributed by atoms with E-state index < -0.39 is 10.8 Å². The monoisotopic (exact) mass is 388 g/mol. The van der Waals surface area contributed by atoms with Gasteiger partial charge in [0.2, 0.25) is 0 Å². The number of amides is 1. The number of nitrogens with one attached hydrogen (secondary N) is 1. The van der Waals surface area contributed by atoms with Crippen LogP contribution >= 0.6 is 11.8 Å². The van der Waals surface area contributed by atoms with E-state index in [0.29, 0.717) is 11.4 Å². The van der Waals surface area contributed by atoms with E-state index in [0.717, 1.165) is 11.8 Å². The minimum absolute atomic E-state index is 0.0149. The minimum atomic E-state index is -0.673. The molecule has 3 aromatic rings. The highest BCUT2D eigenvalue weighted by atomic mass is 32.2. The first kappa shape index (κ1) is 18.3. The van der Waals surface area contributed by atoms with Crippen molar-refractivity contribution in [2.24, 2.45) is 5.10 Å². The van der Waals surface area contributed by atoms with Crippen molar-refractivity contribution in [2.75, 3.05) is 5.75 Å². The third kappa shape index (κ3) is 4.76. The predicted molar refractivity (Wildman–Crippen MR) is 94.0 cm³/mol. The van der Waals surface area contributed by atoms with Crippen LogP contribution in [0, 0.1) is 10.1 Å². The van der Waals surface area contributed by atoms with Gasteiger partial charge in [-0.2, -0.15) is 5.10 Å². The van der Waals surface area contributed by atoms with Crippen molar-refractivity contribution in [1.29, 1.82) is 0 Å². The molecule has 3 heterocycles. The largest absolute Gasteiger partial charge is 0.433 e. The lowest BCUT2D eigenvalue weighted by atomic mass is 10.3. The average Bonchev–Trinajstić information content (AvgIpc) is 3.34. The Hall–Kier alpha value is -3.54. The highest BCUT2D eigenvalue weighted by Gasteiger charge is 2.18. The Bertz CT molecular complexity index is 984. The van der Waals surface area contributed by atoms with Crippen LogP contribution in [0.2, 0.25) is 0 Å². The Morgan fingerprint density at radius 3 is 2.85 bits per heavy atom. The van der Waals surface area contributed by atoms with Gasteiger partial charge in [0.25, 0.3) is 17.0 Å². The van der Waals surface area contributed by atoms with Crippen LogP contribution in [-0.4, -0.2) is 37.5 Å². The summed E-state index contributed by atoms with van der Waals surface area (Å²) in [4.78, 5) is 25.9. The Morgan fingerprint density at radius 1 is 1.30 bits per heavy atom. The number of hydrogen-bond donors (Lipinski definition) is 1. The molecule has 0 unspecified atom stereocenters. The number of furan rings is 1. The lowest BCUT2D eigenvalue weighted by molar-refractivity contribution is -0.401. The van der Waals surface area contributed by atoms with Gasteiger partial charge in [0.1, 0.15) is 4.92 Å². The molecule has 0 aliphatic heterocycles. The van der Waals surface area contributed by atoms with E-state index in [2.05, 4.69) is 25.7 Å². The number of thioether (sulfide) groups is 1. The van der Waals surface area contributed by atoms with Crippen LogP contribution in [0.4, 0.5) is 5.88 Å². The highest BCUT2D eigenvalue weighted by Crippen LogP contribution is 2.27. The number of carbonyl (C=O) groups is 1. The molecule has 0 aliphatic rings. The van der Waals surface area contributed by atoms with Crippen molar-refractivity contribution < 1.29 is 18.6 Å². The summed E-state index contributed by atoms with van der Waals surface area (Å²) in [5.74, 6) is -0.767. The molecular weight excluding hydrogens is 376 g/mol. The Kier molecular flexibility index (Phi) is 5.56. The fraction of sp³-hybridized carbons (Fsp3) is 0.133. The molecule has 0 bridgehead atoms. The Balaban J connectivity index is 1.53. The summed E-state index contributed by atoms with van der Waals surface area (Å²) in [7, 11) is 0. The van der Waals surface area contributed by atoms with Gasteiger partial charge in [0.05, 0.1) is 23.2 Å². The maximum Gasteiger partial charge on any atom is 0.433 e. The average molecular weight is 388 g/mol. The van der Waals surface area contributed by atoms with Crippen LogP contribution in [0.5, 0.6) is 0 Å². The molecule has 0 saturated carbocycles. The Labute approximate surface area is 156 Å². The van der Waals surface area contributed by atoms with E-state index in [1.807, 2.05) is 6.07 Å². The summed E-state index contributed by atoms with van der Waals surface area (Å²) in [5, 5.41) is 22.2. The minimum Gasteiger partial charge on any atom is -0.408 e. The fourth-order valence-electron chi connectivity index (χ4n) is 1.85. The maximum atomic E-state index is 11.9. The van der Waals surface area contributed by atoms with Gasteiger partial charge in [-0.3, -0.25) is 19.9 Å². The number of nitro groups is 1. The number of hydrazone groups is 1. The topological polar surface area (TPSA) is 150 Å². The van der Waals surface area contributed by atoms with E-state index >= 15 is 0 Å². The summed E-state index contributed by atoms with van der Waals surface area (Å²) in [6.07, 6.45) is 1.63. The first-order valence-corrected chi connectivity index (χ1v) is 8.47. The maximum absolute atomic E-state index is 11.9. The SMILES string of the molecule is C/C(=N\NC(=O)CSc1nnc(-c2ccc([N+](=O)[O-])o2)o1)c1ccccn1. The second-order valence-corrected chi connectivity index (χ2v) is 5.93. The highest BCUT2D eigenvalue weighted by molar-refractivity contribution is 7.99. The van der Waals surface area contributed by atoms with E-state index in [1.165, 1.54) is 12.1 Å². The van der Waals surface area contributed by atoms with E-state index in [1.54, 1.807) is 25.3 Å². The molecular formula is C15H12N6O5S. The smallest absolute Gasteiger partial charge is 0.408 e. The van der Waals surface area contributed by atoms with Crippen molar-refractivity contribution in [3.8, 4) is 11.7 Å². The van der Waals surface area contributed by atoms with E-state index in [-0.39, 0.29) is 28.5 Å². The number of carbonyl (C=O) groups excluding carboxylic acids is 1. The third-order valence-corrected chi connectivity index (χ3v) is 3.92. The number of aromatic nitrogens is 3. The van der Waals surface area contributed by atoms with Crippen molar-refractivity contribution >= 4 is 29.3 Å². The molecule has 11 nitrogen and oxygen atoms in total.